The van der Waals surface area contributed by atoms with E-state index < -0.39 is 0 Å². The molecule has 152 valence electrons. The number of ether oxygens (including phenoxy) is 1. The van der Waals surface area contributed by atoms with Gasteiger partial charge in [0.2, 0.25) is 5.91 Å². The summed E-state index contributed by atoms with van der Waals surface area (Å²) < 4.78 is 8.56. The van der Waals surface area contributed by atoms with Gasteiger partial charge in [-0.05, 0) is 42.0 Å². The zero-order chi connectivity index (χ0) is 20.8. The quantitative estimate of drug-likeness (QED) is 0.429. The van der Waals surface area contributed by atoms with Gasteiger partial charge in [0.25, 0.3) is 0 Å². The maximum absolute atomic E-state index is 12.4. The molecule has 6 nitrogen and oxygen atoms in total. The van der Waals surface area contributed by atoms with Gasteiger partial charge in [-0.1, -0.05) is 51.4 Å². The molecule has 3 rings (SSSR count). The van der Waals surface area contributed by atoms with Gasteiger partial charge in [-0.3, -0.25) is 4.79 Å². The van der Waals surface area contributed by atoms with E-state index in [-0.39, 0.29) is 18.3 Å². The van der Waals surface area contributed by atoms with Crippen LogP contribution in [0.3, 0.4) is 0 Å². The standard InChI is InChI=1S/C20H20BrClN4O2S/c1-25(11-14-3-5-15(21)6-4-14)19(27)13-29-20-24-23-18(26(20)2)12-28-17-9-7-16(22)8-10-17/h3-10H,11-13H2,1-2H3. The van der Waals surface area contributed by atoms with Gasteiger partial charge in [0, 0.05) is 30.1 Å². The third-order valence-electron chi connectivity index (χ3n) is 4.19. The van der Waals surface area contributed by atoms with Crippen LogP contribution in [0.15, 0.2) is 58.2 Å². The lowest BCUT2D eigenvalue weighted by Crippen LogP contribution is -2.27. The molecule has 2 aromatic carbocycles. The molecule has 0 spiro atoms. The van der Waals surface area contributed by atoms with Crippen molar-refractivity contribution in [3.05, 3.63) is 69.4 Å². The molecule has 0 radical (unpaired) electrons. The van der Waals surface area contributed by atoms with Crippen molar-refractivity contribution in [2.45, 2.75) is 18.3 Å². The van der Waals surface area contributed by atoms with Gasteiger partial charge in [0.1, 0.15) is 12.4 Å². The number of amides is 1. The minimum absolute atomic E-state index is 0.0277. The summed E-state index contributed by atoms with van der Waals surface area (Å²) in [5.41, 5.74) is 1.08. The minimum atomic E-state index is 0.0277. The second kappa shape index (κ2) is 10.1. The van der Waals surface area contributed by atoms with Crippen LogP contribution < -0.4 is 4.74 Å². The highest BCUT2D eigenvalue weighted by atomic mass is 79.9. The van der Waals surface area contributed by atoms with Crippen LogP contribution in [0, 0.1) is 0 Å². The van der Waals surface area contributed by atoms with Gasteiger partial charge in [-0.15, -0.1) is 10.2 Å². The lowest BCUT2D eigenvalue weighted by atomic mass is 10.2. The van der Waals surface area contributed by atoms with E-state index in [1.165, 1.54) is 11.8 Å². The molecular formula is C20H20BrClN4O2S. The van der Waals surface area contributed by atoms with Crippen molar-refractivity contribution in [3.8, 4) is 5.75 Å². The van der Waals surface area contributed by atoms with E-state index in [0.29, 0.717) is 28.3 Å². The van der Waals surface area contributed by atoms with E-state index in [9.17, 15) is 4.79 Å². The monoisotopic (exact) mass is 494 g/mol. The fourth-order valence-electron chi connectivity index (χ4n) is 2.46. The maximum atomic E-state index is 12.4. The van der Waals surface area contributed by atoms with Crippen LogP contribution in [0.25, 0.3) is 0 Å². The van der Waals surface area contributed by atoms with Gasteiger partial charge in [0.15, 0.2) is 11.0 Å². The Morgan fingerprint density at radius 2 is 1.86 bits per heavy atom. The van der Waals surface area contributed by atoms with Gasteiger partial charge < -0.3 is 14.2 Å². The maximum Gasteiger partial charge on any atom is 0.233 e. The largest absolute Gasteiger partial charge is 0.486 e. The van der Waals surface area contributed by atoms with Crippen molar-refractivity contribution in [2.24, 2.45) is 7.05 Å². The molecule has 9 heteroatoms. The molecule has 0 fully saturated rings. The van der Waals surface area contributed by atoms with Gasteiger partial charge >= 0.3 is 0 Å². The smallest absolute Gasteiger partial charge is 0.233 e. The summed E-state index contributed by atoms with van der Waals surface area (Å²) in [5, 5.41) is 9.65. The van der Waals surface area contributed by atoms with E-state index in [1.54, 1.807) is 36.2 Å². The van der Waals surface area contributed by atoms with Crippen molar-refractivity contribution >= 4 is 45.2 Å². The van der Waals surface area contributed by atoms with Crippen molar-refractivity contribution in [3.63, 3.8) is 0 Å². The second-order valence-electron chi connectivity index (χ2n) is 6.37. The van der Waals surface area contributed by atoms with Crippen molar-refractivity contribution in [1.29, 1.82) is 0 Å². The zero-order valence-corrected chi connectivity index (χ0v) is 19.2. The molecule has 29 heavy (non-hydrogen) atoms. The number of benzene rings is 2. The van der Waals surface area contributed by atoms with Crippen LogP contribution in [0.1, 0.15) is 11.4 Å². The Morgan fingerprint density at radius 1 is 1.17 bits per heavy atom. The van der Waals surface area contributed by atoms with Gasteiger partial charge in [-0.2, -0.15) is 0 Å². The Labute approximate surface area is 187 Å². The molecule has 0 unspecified atom stereocenters. The minimum Gasteiger partial charge on any atom is -0.486 e. The van der Waals surface area contributed by atoms with Crippen LogP contribution in [0.2, 0.25) is 5.02 Å². The third-order valence-corrected chi connectivity index (χ3v) is 5.98. The number of halogens is 2. The first-order valence-electron chi connectivity index (χ1n) is 8.80. The molecule has 1 heterocycles. The molecule has 0 bridgehead atoms. The Balaban J connectivity index is 1.50. The van der Waals surface area contributed by atoms with E-state index in [0.717, 1.165) is 10.0 Å². The van der Waals surface area contributed by atoms with E-state index >= 15 is 0 Å². The van der Waals surface area contributed by atoms with Crippen LogP contribution in [0.5, 0.6) is 5.75 Å². The predicted molar refractivity (Wildman–Crippen MR) is 118 cm³/mol. The molecule has 0 aliphatic heterocycles. The summed E-state index contributed by atoms with van der Waals surface area (Å²) in [7, 11) is 3.66. The lowest BCUT2D eigenvalue weighted by Gasteiger charge is -2.17. The highest BCUT2D eigenvalue weighted by Gasteiger charge is 2.14. The normalized spacial score (nSPS) is 10.8. The number of carbonyl (C=O) groups is 1. The number of rotatable bonds is 8. The molecule has 3 aromatic rings. The number of hydrogen-bond acceptors (Lipinski definition) is 5. The fourth-order valence-corrected chi connectivity index (χ4v) is 3.72. The SMILES string of the molecule is CN(Cc1ccc(Br)cc1)C(=O)CSc1nnc(COc2ccc(Cl)cc2)n1C. The second-order valence-corrected chi connectivity index (χ2v) is 8.66. The molecule has 0 saturated carbocycles. The first-order valence-corrected chi connectivity index (χ1v) is 11.0. The van der Waals surface area contributed by atoms with Crippen molar-refractivity contribution < 1.29 is 9.53 Å². The van der Waals surface area contributed by atoms with Crippen molar-refractivity contribution in [2.75, 3.05) is 12.8 Å². The number of thioether (sulfide) groups is 1. The number of hydrogen-bond donors (Lipinski definition) is 0. The van der Waals surface area contributed by atoms with Gasteiger partial charge in [-0.25, -0.2) is 0 Å². The van der Waals surface area contributed by atoms with Crippen LogP contribution in [-0.2, 0) is 25.0 Å². The summed E-state index contributed by atoms with van der Waals surface area (Å²) in [4.78, 5) is 14.2. The Hall–Kier alpha value is -2.03. The Bertz CT molecular complexity index is 964. The summed E-state index contributed by atoms with van der Waals surface area (Å²) >= 11 is 10.6. The third kappa shape index (κ3) is 6.22. The lowest BCUT2D eigenvalue weighted by molar-refractivity contribution is -0.127. The van der Waals surface area contributed by atoms with Crippen LogP contribution in [-0.4, -0.2) is 38.4 Å². The predicted octanol–water partition coefficient (Wildman–Crippen LogP) is 4.56. The highest BCUT2D eigenvalue weighted by molar-refractivity contribution is 9.10. The summed E-state index contributed by atoms with van der Waals surface area (Å²) in [5.74, 6) is 1.70. The summed E-state index contributed by atoms with van der Waals surface area (Å²) in [6.07, 6.45) is 0. The number of aromatic nitrogens is 3. The Morgan fingerprint density at radius 3 is 2.55 bits per heavy atom. The van der Waals surface area contributed by atoms with Crippen molar-refractivity contribution in [1.82, 2.24) is 19.7 Å². The summed E-state index contributed by atoms with van der Waals surface area (Å²) in [6, 6.07) is 15.1. The average Bonchev–Trinajstić information content (AvgIpc) is 3.07. The molecule has 1 aromatic heterocycles. The molecular weight excluding hydrogens is 476 g/mol. The molecule has 0 saturated heterocycles. The van der Waals surface area contributed by atoms with Crippen LogP contribution >= 0.6 is 39.3 Å². The van der Waals surface area contributed by atoms with E-state index in [2.05, 4.69) is 26.1 Å². The summed E-state index contributed by atoms with van der Waals surface area (Å²) in [6.45, 7) is 0.842. The van der Waals surface area contributed by atoms with E-state index in [4.69, 9.17) is 16.3 Å². The first kappa shape index (κ1) is 21.7. The topological polar surface area (TPSA) is 60.3 Å². The molecule has 0 N–H and O–H groups in total. The number of nitrogens with zero attached hydrogens (tertiary/aromatic N) is 4. The van der Waals surface area contributed by atoms with E-state index in [1.807, 2.05) is 35.9 Å². The molecule has 0 atom stereocenters. The molecule has 0 aliphatic carbocycles. The van der Waals surface area contributed by atoms with Gasteiger partial charge in [0.05, 0.1) is 5.75 Å². The number of carbonyl (C=O) groups excluding carboxylic acids is 1. The zero-order valence-electron chi connectivity index (χ0n) is 16.0. The first-order chi connectivity index (χ1) is 13.9. The average molecular weight is 496 g/mol. The highest BCUT2D eigenvalue weighted by Crippen LogP contribution is 2.20. The molecule has 0 aliphatic rings. The Kier molecular flexibility index (Phi) is 7.57. The van der Waals surface area contributed by atoms with Crippen LogP contribution in [0.4, 0.5) is 0 Å². The molecule has 1 amide bonds. The fraction of sp³-hybridized carbons (Fsp3) is 0.250.